The maximum absolute atomic E-state index is 13.8. The summed E-state index contributed by atoms with van der Waals surface area (Å²) in [5.41, 5.74) is 2.22. The number of nitrogens with zero attached hydrogens (tertiary/aromatic N) is 4. The zero-order chi connectivity index (χ0) is 29.0. The molecule has 214 valence electrons. The lowest BCUT2D eigenvalue weighted by Gasteiger charge is -2.38. The first-order valence-electron chi connectivity index (χ1n) is 13.6. The highest BCUT2D eigenvalue weighted by Crippen LogP contribution is 2.32. The second-order valence-corrected chi connectivity index (χ2v) is 10.9. The Morgan fingerprint density at radius 2 is 1.71 bits per heavy atom. The third-order valence-electron chi connectivity index (χ3n) is 7.83. The van der Waals surface area contributed by atoms with Gasteiger partial charge in [0, 0.05) is 56.9 Å². The summed E-state index contributed by atoms with van der Waals surface area (Å²) >= 11 is 6.22. The fourth-order valence-corrected chi connectivity index (χ4v) is 5.85. The Kier molecular flexibility index (Phi) is 8.83. The quantitative estimate of drug-likeness (QED) is 0.410. The van der Waals surface area contributed by atoms with Gasteiger partial charge < -0.3 is 15.1 Å². The van der Waals surface area contributed by atoms with Crippen LogP contribution >= 0.6 is 11.6 Å². The number of likely N-dealkylation sites (tertiary alicyclic amines) is 1. The van der Waals surface area contributed by atoms with Crippen LogP contribution in [0.5, 0.6) is 0 Å². The van der Waals surface area contributed by atoms with Crippen molar-refractivity contribution in [3.8, 4) is 6.07 Å². The number of halogens is 4. The van der Waals surface area contributed by atoms with Gasteiger partial charge in [-0.15, -0.1) is 0 Å². The van der Waals surface area contributed by atoms with Gasteiger partial charge in [-0.1, -0.05) is 54.1 Å². The third-order valence-corrected chi connectivity index (χ3v) is 8.20. The lowest BCUT2D eigenvalue weighted by Crippen LogP contribution is -2.53. The molecule has 5 rings (SSSR count). The van der Waals surface area contributed by atoms with Crippen LogP contribution in [0.1, 0.15) is 28.7 Å². The van der Waals surface area contributed by atoms with Gasteiger partial charge in [-0.3, -0.25) is 9.69 Å². The van der Waals surface area contributed by atoms with Gasteiger partial charge in [0.05, 0.1) is 22.9 Å². The number of hydrogen-bond donors (Lipinski definition) is 1. The molecule has 2 aliphatic heterocycles. The molecule has 0 bridgehead atoms. The normalized spacial score (nSPS) is 19.8. The third kappa shape index (κ3) is 6.84. The molecular weight excluding hydrogens is 551 g/mol. The molecule has 1 N–H and O–H groups in total. The van der Waals surface area contributed by atoms with Gasteiger partial charge in [-0.05, 0) is 47.9 Å². The number of nitriles is 1. The van der Waals surface area contributed by atoms with Crippen molar-refractivity contribution in [2.24, 2.45) is 0 Å². The van der Waals surface area contributed by atoms with E-state index in [0.29, 0.717) is 56.8 Å². The average Bonchev–Trinajstić information content (AvgIpc) is 3.38. The zero-order valence-electron chi connectivity index (χ0n) is 22.4. The topological polar surface area (TPSA) is 62.6 Å². The summed E-state index contributed by atoms with van der Waals surface area (Å²) in [6, 6.07) is 22.5. The van der Waals surface area contributed by atoms with E-state index in [1.807, 2.05) is 53.4 Å². The molecule has 2 aliphatic rings. The van der Waals surface area contributed by atoms with Gasteiger partial charge in [0.15, 0.2) is 0 Å². The Morgan fingerprint density at radius 1 is 1.00 bits per heavy atom. The van der Waals surface area contributed by atoms with Crippen LogP contribution in [-0.2, 0) is 24.1 Å². The first-order chi connectivity index (χ1) is 19.7. The lowest BCUT2D eigenvalue weighted by molar-refractivity contribution is -0.138. The van der Waals surface area contributed by atoms with Gasteiger partial charge in [-0.25, -0.2) is 0 Å². The fourth-order valence-electron chi connectivity index (χ4n) is 5.66. The number of benzene rings is 3. The Morgan fingerprint density at radius 3 is 2.41 bits per heavy atom. The summed E-state index contributed by atoms with van der Waals surface area (Å²) in [7, 11) is 0. The first-order valence-corrected chi connectivity index (χ1v) is 14.0. The van der Waals surface area contributed by atoms with Crippen LogP contribution in [0.2, 0.25) is 5.02 Å². The lowest BCUT2D eigenvalue weighted by atomic mass is 10.1. The molecule has 41 heavy (non-hydrogen) atoms. The van der Waals surface area contributed by atoms with E-state index < -0.39 is 11.7 Å². The smallest absolute Gasteiger partial charge is 0.367 e. The highest BCUT2D eigenvalue weighted by molar-refractivity contribution is 6.31. The Bertz CT molecular complexity index is 1400. The van der Waals surface area contributed by atoms with E-state index in [2.05, 4.69) is 21.2 Å². The number of hydrogen-bond acceptors (Lipinski definition) is 5. The highest BCUT2D eigenvalue weighted by Gasteiger charge is 2.39. The molecule has 3 aromatic rings. The second-order valence-electron chi connectivity index (χ2n) is 10.5. The molecule has 1 amide bonds. The van der Waals surface area contributed by atoms with E-state index in [-0.39, 0.29) is 29.6 Å². The molecule has 0 saturated carbocycles. The van der Waals surface area contributed by atoms with Crippen LogP contribution in [0.4, 0.5) is 18.9 Å². The predicted octanol–water partition coefficient (Wildman–Crippen LogP) is 5.31. The standard InChI is InChI=1S/C31H31ClF3N5O/c32-27-11-10-25(31(33,34)35)16-24(27)19-37-26-17-29(40(21-26)20-22-6-2-1-3-7-22)30(41)39-14-12-38(13-15-39)28-9-5-4-8-23(28)18-36/h1-11,16,26,29,37H,12-15,17,19-21H2/t26-,29-/m0/s1. The van der Waals surface area contributed by atoms with Crippen LogP contribution in [0.3, 0.4) is 0 Å². The SMILES string of the molecule is N#Cc1ccccc1N1CCN(C(=O)[C@@H]2C[C@H](NCc3cc(C(F)(F)F)ccc3Cl)CN2Cc2ccccc2)CC1. The minimum atomic E-state index is -4.45. The molecule has 2 fully saturated rings. The van der Waals surface area contributed by atoms with Gasteiger partial charge >= 0.3 is 6.18 Å². The van der Waals surface area contributed by atoms with Gasteiger partial charge in [-0.2, -0.15) is 18.4 Å². The van der Waals surface area contributed by atoms with Crippen molar-refractivity contribution in [3.63, 3.8) is 0 Å². The number of alkyl halides is 3. The molecule has 10 heteroatoms. The van der Waals surface area contributed by atoms with Crippen molar-refractivity contribution < 1.29 is 18.0 Å². The number of amides is 1. The Balaban J connectivity index is 1.27. The summed E-state index contributed by atoms with van der Waals surface area (Å²) < 4.78 is 39.7. The van der Waals surface area contributed by atoms with E-state index in [1.54, 1.807) is 6.07 Å². The second kappa shape index (κ2) is 12.5. The first kappa shape index (κ1) is 28.9. The molecule has 0 spiro atoms. The average molecular weight is 582 g/mol. The Hall–Kier alpha value is -3.58. The van der Waals surface area contributed by atoms with Crippen LogP contribution in [-0.4, -0.2) is 60.5 Å². The molecule has 2 atom stereocenters. The largest absolute Gasteiger partial charge is 0.416 e. The van der Waals surface area contributed by atoms with Crippen molar-refractivity contribution in [2.75, 3.05) is 37.6 Å². The molecule has 2 saturated heterocycles. The van der Waals surface area contributed by atoms with Gasteiger partial charge in [0.25, 0.3) is 0 Å². The molecule has 0 aromatic heterocycles. The number of piperazine rings is 1. The van der Waals surface area contributed by atoms with Crippen LogP contribution in [0.25, 0.3) is 0 Å². The van der Waals surface area contributed by atoms with Crippen LogP contribution < -0.4 is 10.2 Å². The van der Waals surface area contributed by atoms with E-state index in [9.17, 15) is 23.2 Å². The molecule has 2 heterocycles. The van der Waals surface area contributed by atoms with Crippen LogP contribution in [0.15, 0.2) is 72.8 Å². The van der Waals surface area contributed by atoms with Crippen molar-refractivity contribution >= 4 is 23.2 Å². The van der Waals surface area contributed by atoms with Crippen molar-refractivity contribution in [3.05, 3.63) is 100 Å². The maximum Gasteiger partial charge on any atom is 0.416 e. The molecule has 0 unspecified atom stereocenters. The minimum Gasteiger partial charge on any atom is -0.367 e. The molecule has 3 aromatic carbocycles. The molecular formula is C31H31ClF3N5O. The summed E-state index contributed by atoms with van der Waals surface area (Å²) in [6.45, 7) is 3.70. The van der Waals surface area contributed by atoms with Crippen molar-refractivity contribution in [2.45, 2.75) is 37.8 Å². The van der Waals surface area contributed by atoms with Gasteiger partial charge in [0.1, 0.15) is 6.07 Å². The number of anilines is 1. The van der Waals surface area contributed by atoms with E-state index in [1.165, 1.54) is 6.07 Å². The van der Waals surface area contributed by atoms with E-state index in [4.69, 9.17) is 11.6 Å². The number of para-hydroxylation sites is 1. The number of carbonyl (C=O) groups is 1. The highest BCUT2D eigenvalue weighted by atomic mass is 35.5. The summed E-state index contributed by atoms with van der Waals surface area (Å²) in [5, 5.41) is 13.1. The summed E-state index contributed by atoms with van der Waals surface area (Å²) in [6.07, 6.45) is -3.91. The molecule has 0 radical (unpaired) electrons. The van der Waals surface area contributed by atoms with E-state index in [0.717, 1.165) is 23.4 Å². The van der Waals surface area contributed by atoms with Crippen molar-refractivity contribution in [1.82, 2.24) is 15.1 Å². The predicted molar refractivity (Wildman–Crippen MR) is 152 cm³/mol. The molecule has 0 aliphatic carbocycles. The number of carbonyl (C=O) groups excluding carboxylic acids is 1. The minimum absolute atomic E-state index is 0.0514. The zero-order valence-corrected chi connectivity index (χ0v) is 23.2. The van der Waals surface area contributed by atoms with Crippen LogP contribution in [0, 0.1) is 11.3 Å². The maximum atomic E-state index is 13.8. The number of rotatable bonds is 7. The molecule has 6 nitrogen and oxygen atoms in total. The van der Waals surface area contributed by atoms with E-state index >= 15 is 0 Å². The van der Waals surface area contributed by atoms with Crippen molar-refractivity contribution in [1.29, 1.82) is 5.26 Å². The monoisotopic (exact) mass is 581 g/mol. The summed E-state index contributed by atoms with van der Waals surface area (Å²) in [4.78, 5) is 20.0. The Labute approximate surface area is 242 Å². The fraction of sp³-hybridized carbons (Fsp3) is 0.355. The summed E-state index contributed by atoms with van der Waals surface area (Å²) in [5.74, 6) is 0.0514. The number of nitrogens with one attached hydrogen (secondary N) is 1. The van der Waals surface area contributed by atoms with Gasteiger partial charge in [0.2, 0.25) is 5.91 Å².